The Bertz CT molecular complexity index is 1180. The number of halogens is 3. The van der Waals surface area contributed by atoms with Crippen molar-refractivity contribution in [3.63, 3.8) is 0 Å². The number of nitrogens with zero attached hydrogens (tertiary/aromatic N) is 2. The molecular weight excluding hydrogens is 488 g/mol. The Morgan fingerprint density at radius 3 is 2.74 bits per heavy atom. The number of pyridine rings is 1. The summed E-state index contributed by atoms with van der Waals surface area (Å²) >= 11 is 5.77. The first-order chi connectivity index (χ1) is 15.7. The molecule has 1 spiro atoms. The van der Waals surface area contributed by atoms with Crippen LogP contribution in [-0.2, 0) is 16.8 Å². The molecule has 1 fully saturated rings. The van der Waals surface area contributed by atoms with Crippen molar-refractivity contribution in [1.29, 1.82) is 0 Å². The van der Waals surface area contributed by atoms with Crippen molar-refractivity contribution in [3.05, 3.63) is 62.3 Å². The number of amides is 2. The number of hydrogen-bond acceptors (Lipinski definition) is 5. The summed E-state index contributed by atoms with van der Waals surface area (Å²) in [5.41, 5.74) is -1.85. The molecule has 184 valence electrons. The van der Waals surface area contributed by atoms with Crippen LogP contribution in [-0.4, -0.2) is 52.7 Å². The zero-order chi connectivity index (χ0) is 23.9. The lowest BCUT2D eigenvalue weighted by molar-refractivity contribution is -0.0859. The number of carbonyl (C=O) groups is 2. The molecule has 0 saturated heterocycles. The van der Waals surface area contributed by atoms with Gasteiger partial charge in [0.2, 0.25) is 5.43 Å². The van der Waals surface area contributed by atoms with Crippen LogP contribution in [0, 0.1) is 5.82 Å². The topological polar surface area (TPSA) is 101 Å². The minimum absolute atomic E-state index is 0. The van der Waals surface area contributed by atoms with Crippen molar-refractivity contribution in [2.45, 2.75) is 44.4 Å². The van der Waals surface area contributed by atoms with E-state index in [1.54, 1.807) is 17.7 Å². The van der Waals surface area contributed by atoms with E-state index in [4.69, 9.17) is 16.3 Å². The van der Waals surface area contributed by atoms with Crippen LogP contribution >= 0.6 is 24.0 Å². The maximum atomic E-state index is 14.1. The molecule has 1 saturated carbocycles. The van der Waals surface area contributed by atoms with Crippen LogP contribution in [0.4, 0.5) is 4.39 Å². The molecule has 8 nitrogen and oxygen atoms in total. The Kier molecular flexibility index (Phi) is 7.59. The zero-order valence-corrected chi connectivity index (χ0v) is 20.3. The summed E-state index contributed by atoms with van der Waals surface area (Å²) in [4.78, 5) is 39.8. The smallest absolute Gasteiger partial charge is 0.274 e. The maximum Gasteiger partial charge on any atom is 0.274 e. The Morgan fingerprint density at radius 2 is 2.06 bits per heavy atom. The number of hydrogen-bond donors (Lipinski definition) is 2. The zero-order valence-electron chi connectivity index (χ0n) is 18.8. The summed E-state index contributed by atoms with van der Waals surface area (Å²) in [5.74, 6) is -2.72. The first-order valence-corrected chi connectivity index (χ1v) is 11.1. The summed E-state index contributed by atoms with van der Waals surface area (Å²) in [6, 6.07) is 4.40. The maximum absolute atomic E-state index is 14.1. The van der Waals surface area contributed by atoms with Crippen LogP contribution in [0.25, 0.3) is 0 Å². The van der Waals surface area contributed by atoms with E-state index in [1.807, 2.05) is 6.92 Å². The van der Waals surface area contributed by atoms with Gasteiger partial charge in [0.25, 0.3) is 11.8 Å². The Labute approximate surface area is 207 Å². The predicted molar refractivity (Wildman–Crippen MR) is 126 cm³/mol. The van der Waals surface area contributed by atoms with E-state index >= 15 is 0 Å². The highest BCUT2D eigenvalue weighted by atomic mass is 35.5. The van der Waals surface area contributed by atoms with E-state index in [0.717, 1.165) is 6.42 Å². The highest BCUT2D eigenvalue weighted by Crippen LogP contribution is 2.45. The molecule has 2 N–H and O–H groups in total. The van der Waals surface area contributed by atoms with Crippen molar-refractivity contribution in [2.24, 2.45) is 0 Å². The average molecular weight is 514 g/mol. The molecule has 34 heavy (non-hydrogen) atoms. The molecule has 4 rings (SSSR count). The second kappa shape index (κ2) is 9.93. The number of nitrogens with one attached hydrogen (secondary N) is 1. The lowest BCUT2D eigenvalue weighted by atomic mass is 9.72. The summed E-state index contributed by atoms with van der Waals surface area (Å²) in [6.07, 6.45) is 3.35. The fourth-order valence-corrected chi connectivity index (χ4v) is 4.78. The molecule has 1 aromatic carbocycles. The molecule has 0 bridgehead atoms. The van der Waals surface area contributed by atoms with Gasteiger partial charge in [0.15, 0.2) is 11.4 Å². The van der Waals surface area contributed by atoms with Gasteiger partial charge in [0, 0.05) is 38.5 Å². The Balaban J connectivity index is 0.00000324. The molecular formula is C23H26Cl2FN3O5. The third-order valence-corrected chi connectivity index (χ3v) is 6.56. The average Bonchev–Trinajstić information content (AvgIpc) is 2.76. The molecule has 1 aliphatic carbocycles. The van der Waals surface area contributed by atoms with Gasteiger partial charge >= 0.3 is 0 Å². The molecule has 2 amide bonds. The first kappa shape index (κ1) is 26.0. The molecule has 2 aliphatic rings. The summed E-state index contributed by atoms with van der Waals surface area (Å²) in [7, 11) is 1.61. The lowest BCUT2D eigenvalue weighted by Gasteiger charge is -2.53. The molecule has 1 aliphatic heterocycles. The molecule has 0 radical (unpaired) electrons. The number of ether oxygens (including phenoxy) is 1. The van der Waals surface area contributed by atoms with Gasteiger partial charge in [-0.1, -0.05) is 30.7 Å². The van der Waals surface area contributed by atoms with Crippen molar-refractivity contribution in [3.8, 4) is 5.75 Å². The van der Waals surface area contributed by atoms with E-state index in [1.165, 1.54) is 23.2 Å². The standard InChI is InChI=1S/C23H25ClFN3O5.ClH/c1-3-7-33-14-8-23(9-14)12-27(2)22(32)18-20(30)19(29)15(11-28(18)23)21(31)26-10-13-5-4-6-16(24)17(13)25;/h4-6,11,14,30H,3,7-10,12H2,1-2H3,(H,26,31);1H/t14-,23-;. The summed E-state index contributed by atoms with van der Waals surface area (Å²) in [5, 5.41) is 13.0. The minimum atomic E-state index is -0.956. The highest BCUT2D eigenvalue weighted by molar-refractivity contribution is 6.30. The number of carbonyl (C=O) groups excluding carboxylic acids is 2. The normalized spacial score (nSPS) is 21.0. The van der Waals surface area contributed by atoms with E-state index in [2.05, 4.69) is 5.32 Å². The van der Waals surface area contributed by atoms with Crippen LogP contribution in [0.2, 0.25) is 5.02 Å². The Morgan fingerprint density at radius 1 is 1.35 bits per heavy atom. The van der Waals surface area contributed by atoms with Crippen molar-refractivity contribution < 1.29 is 23.8 Å². The van der Waals surface area contributed by atoms with Crippen molar-refractivity contribution >= 4 is 35.8 Å². The van der Waals surface area contributed by atoms with E-state index in [0.29, 0.717) is 26.0 Å². The fourth-order valence-electron chi connectivity index (χ4n) is 4.58. The molecule has 11 heteroatoms. The number of fused-ring (bicyclic) bond motifs is 2. The van der Waals surface area contributed by atoms with Gasteiger partial charge in [-0.3, -0.25) is 14.4 Å². The van der Waals surface area contributed by atoms with Crippen LogP contribution in [0.1, 0.15) is 52.6 Å². The van der Waals surface area contributed by atoms with Gasteiger partial charge in [-0.05, 0) is 25.3 Å². The van der Waals surface area contributed by atoms with Crippen molar-refractivity contribution in [1.82, 2.24) is 14.8 Å². The van der Waals surface area contributed by atoms with E-state index in [-0.39, 0.29) is 46.9 Å². The number of aromatic hydroxyl groups is 1. The third-order valence-electron chi connectivity index (χ3n) is 6.26. The fraction of sp³-hybridized carbons (Fsp3) is 0.435. The van der Waals surface area contributed by atoms with Crippen LogP contribution in [0.5, 0.6) is 5.75 Å². The molecule has 0 unspecified atom stereocenters. The van der Waals surface area contributed by atoms with Gasteiger partial charge < -0.3 is 24.6 Å². The van der Waals surface area contributed by atoms with E-state index < -0.39 is 34.3 Å². The van der Waals surface area contributed by atoms with Crippen LogP contribution < -0.4 is 10.7 Å². The largest absolute Gasteiger partial charge is 0.503 e. The van der Waals surface area contributed by atoms with E-state index in [9.17, 15) is 23.9 Å². The molecule has 1 aromatic heterocycles. The highest BCUT2D eigenvalue weighted by Gasteiger charge is 2.52. The van der Waals surface area contributed by atoms with Gasteiger partial charge in [-0.2, -0.15) is 0 Å². The number of benzene rings is 1. The summed E-state index contributed by atoms with van der Waals surface area (Å²) in [6.45, 7) is 2.79. The summed E-state index contributed by atoms with van der Waals surface area (Å²) < 4.78 is 21.5. The number of likely N-dealkylation sites (N-methyl/N-ethyl adjacent to an activating group) is 1. The quantitative estimate of drug-likeness (QED) is 0.618. The third kappa shape index (κ3) is 4.39. The Hall–Kier alpha value is -2.62. The number of rotatable bonds is 6. The minimum Gasteiger partial charge on any atom is -0.503 e. The molecule has 2 heterocycles. The van der Waals surface area contributed by atoms with Gasteiger partial charge in [-0.15, -0.1) is 12.4 Å². The van der Waals surface area contributed by atoms with Gasteiger partial charge in [0.05, 0.1) is 16.7 Å². The molecule has 2 aromatic rings. The van der Waals surface area contributed by atoms with Gasteiger partial charge in [-0.25, -0.2) is 4.39 Å². The lowest BCUT2D eigenvalue weighted by Crippen LogP contribution is -2.61. The monoisotopic (exact) mass is 513 g/mol. The molecule has 0 atom stereocenters. The number of aromatic nitrogens is 1. The van der Waals surface area contributed by atoms with Crippen LogP contribution in [0.3, 0.4) is 0 Å². The second-order valence-electron chi connectivity index (χ2n) is 8.62. The predicted octanol–water partition coefficient (Wildman–Crippen LogP) is 3.07. The van der Waals surface area contributed by atoms with Crippen LogP contribution in [0.15, 0.2) is 29.2 Å². The second-order valence-corrected chi connectivity index (χ2v) is 9.03. The van der Waals surface area contributed by atoms with Crippen molar-refractivity contribution in [2.75, 3.05) is 20.2 Å². The first-order valence-electron chi connectivity index (χ1n) is 10.8. The SMILES string of the molecule is CCCO[C@H]1C[C@@]2(CN(C)C(=O)c3c(O)c(=O)c(C(=O)NCc4cccc(Cl)c4F)cn32)C1.Cl. The van der Waals surface area contributed by atoms with Gasteiger partial charge in [0.1, 0.15) is 11.4 Å².